The van der Waals surface area contributed by atoms with Crippen LogP contribution in [0.5, 0.6) is 0 Å². The minimum atomic E-state index is 0.506. The van der Waals surface area contributed by atoms with E-state index in [1.165, 1.54) is 23.1 Å². The summed E-state index contributed by atoms with van der Waals surface area (Å²) in [4.78, 5) is 0. The summed E-state index contributed by atoms with van der Waals surface area (Å²) in [5, 5.41) is 4.52. The summed E-state index contributed by atoms with van der Waals surface area (Å²) in [5.74, 6) is 1.66. The average molecular weight is 252 g/mol. The van der Waals surface area contributed by atoms with Gasteiger partial charge in [-0.05, 0) is 61.4 Å². The van der Waals surface area contributed by atoms with Crippen LogP contribution < -0.4 is 5.32 Å². The highest BCUT2D eigenvalue weighted by molar-refractivity contribution is 6.31. The smallest absolute Gasteiger partial charge is 0.0438 e. The third kappa shape index (κ3) is 2.66. The van der Waals surface area contributed by atoms with Gasteiger partial charge in [0.1, 0.15) is 0 Å². The van der Waals surface area contributed by atoms with Crippen molar-refractivity contribution in [3.05, 3.63) is 33.8 Å². The number of hydrogen-bond donors (Lipinski definition) is 1. The molecule has 1 aliphatic carbocycles. The van der Waals surface area contributed by atoms with Gasteiger partial charge < -0.3 is 5.32 Å². The van der Waals surface area contributed by atoms with Gasteiger partial charge in [-0.15, -0.1) is 0 Å². The van der Waals surface area contributed by atoms with Crippen LogP contribution in [0.25, 0.3) is 0 Å². The van der Waals surface area contributed by atoms with E-state index in [0.29, 0.717) is 6.04 Å². The van der Waals surface area contributed by atoms with Crippen LogP contribution in [-0.4, -0.2) is 6.54 Å². The summed E-state index contributed by atoms with van der Waals surface area (Å²) in [7, 11) is 0. The maximum atomic E-state index is 6.17. The Morgan fingerprint density at radius 2 is 2.00 bits per heavy atom. The molecule has 3 unspecified atom stereocenters. The van der Waals surface area contributed by atoms with Gasteiger partial charge in [0.2, 0.25) is 0 Å². The first-order chi connectivity index (χ1) is 8.04. The normalized spacial score (nSPS) is 24.8. The van der Waals surface area contributed by atoms with Crippen LogP contribution in [-0.2, 0) is 0 Å². The summed E-state index contributed by atoms with van der Waals surface area (Å²) in [5.41, 5.74) is 3.93. The molecule has 1 aromatic carbocycles. The Bertz CT molecular complexity index is 414. The molecule has 0 aromatic heterocycles. The molecule has 1 fully saturated rings. The molecule has 0 amide bonds. The van der Waals surface area contributed by atoms with Crippen molar-refractivity contribution in [1.29, 1.82) is 0 Å². The van der Waals surface area contributed by atoms with Gasteiger partial charge >= 0.3 is 0 Å². The predicted molar refractivity (Wildman–Crippen MR) is 74.6 cm³/mol. The van der Waals surface area contributed by atoms with E-state index in [1.807, 2.05) is 0 Å². The molecule has 94 valence electrons. The third-order valence-electron chi connectivity index (χ3n) is 3.91. The Morgan fingerprint density at radius 1 is 1.35 bits per heavy atom. The van der Waals surface area contributed by atoms with Gasteiger partial charge in [0.05, 0.1) is 0 Å². The molecular weight excluding hydrogens is 230 g/mol. The second-order valence-electron chi connectivity index (χ2n) is 5.37. The van der Waals surface area contributed by atoms with Gasteiger partial charge in [-0.1, -0.05) is 31.5 Å². The molecule has 0 radical (unpaired) electrons. The first-order valence-corrected chi connectivity index (χ1v) is 6.92. The zero-order chi connectivity index (χ0) is 12.6. The zero-order valence-corrected chi connectivity index (χ0v) is 11.9. The Morgan fingerprint density at radius 3 is 2.53 bits per heavy atom. The van der Waals surface area contributed by atoms with Gasteiger partial charge in [0, 0.05) is 11.1 Å². The van der Waals surface area contributed by atoms with Gasteiger partial charge in [0.15, 0.2) is 0 Å². The second kappa shape index (κ2) is 4.99. The topological polar surface area (TPSA) is 12.0 Å². The fourth-order valence-electron chi connectivity index (χ4n) is 2.67. The molecule has 0 saturated heterocycles. The summed E-state index contributed by atoms with van der Waals surface area (Å²) in [6.07, 6.45) is 1.35. The molecule has 3 atom stereocenters. The molecule has 0 bridgehead atoms. The van der Waals surface area contributed by atoms with Crippen LogP contribution in [0.4, 0.5) is 0 Å². The summed E-state index contributed by atoms with van der Waals surface area (Å²) in [6, 6.07) is 4.87. The van der Waals surface area contributed by atoms with Gasteiger partial charge in [-0.3, -0.25) is 0 Å². The highest BCUT2D eigenvalue weighted by Gasteiger charge is 2.40. The van der Waals surface area contributed by atoms with Crippen molar-refractivity contribution in [3.63, 3.8) is 0 Å². The van der Waals surface area contributed by atoms with Crippen molar-refractivity contribution < 1.29 is 0 Å². The lowest BCUT2D eigenvalue weighted by molar-refractivity contribution is 0.473. The molecule has 1 saturated carbocycles. The Balaban J connectivity index is 2.32. The quantitative estimate of drug-likeness (QED) is 0.843. The van der Waals surface area contributed by atoms with Crippen LogP contribution in [0, 0.1) is 25.7 Å². The molecule has 1 nitrogen and oxygen atoms in total. The first-order valence-electron chi connectivity index (χ1n) is 6.54. The minimum Gasteiger partial charge on any atom is -0.310 e. The largest absolute Gasteiger partial charge is 0.310 e. The van der Waals surface area contributed by atoms with Crippen LogP contribution in [0.1, 0.15) is 43.0 Å². The highest BCUT2D eigenvalue weighted by Crippen LogP contribution is 2.47. The van der Waals surface area contributed by atoms with Crippen molar-refractivity contribution in [3.8, 4) is 0 Å². The Hall–Kier alpha value is -0.530. The maximum Gasteiger partial charge on any atom is 0.0438 e. The Labute approximate surface area is 110 Å². The number of rotatable bonds is 4. The fourth-order valence-corrected chi connectivity index (χ4v) is 2.88. The molecule has 1 aliphatic rings. The number of nitrogens with one attached hydrogen (secondary N) is 1. The number of hydrogen-bond acceptors (Lipinski definition) is 1. The van der Waals surface area contributed by atoms with Crippen molar-refractivity contribution in [2.45, 2.75) is 40.2 Å². The van der Waals surface area contributed by atoms with E-state index in [4.69, 9.17) is 11.6 Å². The zero-order valence-electron chi connectivity index (χ0n) is 11.2. The minimum absolute atomic E-state index is 0.506. The highest BCUT2D eigenvalue weighted by atomic mass is 35.5. The molecule has 2 heteroatoms. The van der Waals surface area contributed by atoms with E-state index < -0.39 is 0 Å². The molecule has 1 aromatic rings. The van der Waals surface area contributed by atoms with E-state index in [-0.39, 0.29) is 0 Å². The van der Waals surface area contributed by atoms with Crippen molar-refractivity contribution >= 4 is 11.6 Å². The van der Waals surface area contributed by atoms with Crippen LogP contribution in [0.2, 0.25) is 5.02 Å². The van der Waals surface area contributed by atoms with E-state index in [0.717, 1.165) is 23.4 Å². The van der Waals surface area contributed by atoms with Gasteiger partial charge in [0.25, 0.3) is 0 Å². The van der Waals surface area contributed by atoms with Crippen LogP contribution in [0.15, 0.2) is 12.1 Å². The van der Waals surface area contributed by atoms with Crippen molar-refractivity contribution in [2.75, 3.05) is 6.54 Å². The summed E-state index contributed by atoms with van der Waals surface area (Å²) < 4.78 is 0. The van der Waals surface area contributed by atoms with E-state index >= 15 is 0 Å². The lowest BCUT2D eigenvalue weighted by Gasteiger charge is -2.21. The standard InChI is InChI=1S/C15H22ClN/c1-5-17-15(12-6-9(12)2)13-7-11(4)14(16)8-10(13)3/h7-9,12,15,17H,5-6H2,1-4H3. The van der Waals surface area contributed by atoms with Gasteiger partial charge in [-0.25, -0.2) is 0 Å². The van der Waals surface area contributed by atoms with Crippen molar-refractivity contribution in [2.24, 2.45) is 11.8 Å². The third-order valence-corrected chi connectivity index (χ3v) is 4.31. The second-order valence-corrected chi connectivity index (χ2v) is 5.78. The van der Waals surface area contributed by atoms with Crippen molar-refractivity contribution in [1.82, 2.24) is 5.32 Å². The lowest BCUT2D eigenvalue weighted by Crippen LogP contribution is -2.24. The molecule has 0 aliphatic heterocycles. The van der Waals surface area contributed by atoms with E-state index in [2.05, 4.69) is 45.1 Å². The van der Waals surface area contributed by atoms with Gasteiger partial charge in [-0.2, -0.15) is 0 Å². The van der Waals surface area contributed by atoms with Crippen LogP contribution >= 0.6 is 11.6 Å². The SMILES string of the molecule is CCNC(c1cc(C)c(Cl)cc1C)C1CC1C. The van der Waals surface area contributed by atoms with E-state index in [9.17, 15) is 0 Å². The molecular formula is C15H22ClN. The fraction of sp³-hybridized carbons (Fsp3) is 0.600. The van der Waals surface area contributed by atoms with Crippen LogP contribution in [0.3, 0.4) is 0 Å². The monoisotopic (exact) mass is 251 g/mol. The summed E-state index contributed by atoms with van der Waals surface area (Å²) in [6.45, 7) is 9.79. The molecule has 1 N–H and O–H groups in total. The lowest BCUT2D eigenvalue weighted by atomic mass is 9.95. The predicted octanol–water partition coefficient (Wildman–Crippen LogP) is 4.26. The molecule has 0 spiro atoms. The first kappa shape index (κ1) is 12.9. The van der Waals surface area contributed by atoms with E-state index in [1.54, 1.807) is 0 Å². The molecule has 0 heterocycles. The number of aryl methyl sites for hydroxylation is 2. The number of benzene rings is 1. The Kier molecular flexibility index (Phi) is 3.79. The average Bonchev–Trinajstić information content (AvgIpc) is 2.98. The molecule has 2 rings (SSSR count). The summed E-state index contributed by atoms with van der Waals surface area (Å²) >= 11 is 6.17. The maximum absolute atomic E-state index is 6.17. The number of halogens is 1. The molecule has 17 heavy (non-hydrogen) atoms.